The molecule has 1 saturated carbocycles. The highest BCUT2D eigenvalue weighted by Gasteiger charge is 2.18. The fraction of sp³-hybridized carbons (Fsp3) is 0.750. The Kier molecular flexibility index (Phi) is 4.29. The molecule has 1 aromatic heterocycles. The lowest BCUT2D eigenvalue weighted by molar-refractivity contribution is 0.621. The van der Waals surface area contributed by atoms with Crippen LogP contribution in [0.4, 0.5) is 0 Å². The molecule has 2 rings (SSSR count). The summed E-state index contributed by atoms with van der Waals surface area (Å²) < 4.78 is 1.86. The second-order valence-corrected chi connectivity index (χ2v) is 5.89. The molecule has 1 aliphatic rings. The fourth-order valence-corrected chi connectivity index (χ4v) is 3.62. The van der Waals surface area contributed by atoms with E-state index in [1.807, 2.05) is 29.7 Å². The normalized spacial score (nSPS) is 19.1. The maximum absolute atomic E-state index is 5.84. The van der Waals surface area contributed by atoms with Crippen LogP contribution in [-0.2, 0) is 7.05 Å². The maximum atomic E-state index is 5.84. The van der Waals surface area contributed by atoms with Gasteiger partial charge < -0.3 is 5.73 Å². The van der Waals surface area contributed by atoms with Crippen molar-refractivity contribution in [3.05, 3.63) is 18.0 Å². The second kappa shape index (κ2) is 5.73. The van der Waals surface area contributed by atoms with Crippen LogP contribution >= 0.6 is 11.8 Å². The van der Waals surface area contributed by atoms with Crippen LogP contribution in [0.15, 0.2) is 12.4 Å². The Balaban J connectivity index is 1.85. The molecule has 2 N–H and O–H groups in total. The molecule has 0 aromatic carbocycles. The van der Waals surface area contributed by atoms with E-state index in [1.54, 1.807) is 0 Å². The van der Waals surface area contributed by atoms with Crippen molar-refractivity contribution in [3.8, 4) is 0 Å². The van der Waals surface area contributed by atoms with Gasteiger partial charge in [-0.15, -0.1) is 0 Å². The summed E-state index contributed by atoms with van der Waals surface area (Å²) in [5.41, 5.74) is 7.11. The van der Waals surface area contributed by atoms with Gasteiger partial charge in [-0.1, -0.05) is 12.8 Å². The van der Waals surface area contributed by atoms with E-state index in [4.69, 9.17) is 5.73 Å². The number of hydrogen-bond donors (Lipinski definition) is 1. The van der Waals surface area contributed by atoms with Gasteiger partial charge >= 0.3 is 0 Å². The van der Waals surface area contributed by atoms with Gasteiger partial charge in [-0.25, -0.2) is 0 Å². The Morgan fingerprint density at radius 3 is 2.88 bits per heavy atom. The summed E-state index contributed by atoms with van der Waals surface area (Å²) >= 11 is 2.01. The molecule has 1 heterocycles. The van der Waals surface area contributed by atoms with E-state index in [0.29, 0.717) is 11.8 Å². The van der Waals surface area contributed by atoms with Crippen LogP contribution in [0.25, 0.3) is 0 Å². The number of aromatic nitrogens is 2. The lowest BCUT2D eigenvalue weighted by atomic mass is 10.1. The van der Waals surface area contributed by atoms with Gasteiger partial charge in [0.1, 0.15) is 0 Å². The molecule has 4 heteroatoms. The van der Waals surface area contributed by atoms with E-state index in [2.05, 4.69) is 11.3 Å². The van der Waals surface area contributed by atoms with Gasteiger partial charge in [-0.3, -0.25) is 4.68 Å². The molecule has 0 saturated heterocycles. The zero-order valence-corrected chi connectivity index (χ0v) is 10.7. The van der Waals surface area contributed by atoms with Gasteiger partial charge in [0.25, 0.3) is 0 Å². The van der Waals surface area contributed by atoms with Crippen LogP contribution in [0.2, 0.25) is 0 Å². The fourth-order valence-electron chi connectivity index (χ4n) is 2.34. The van der Waals surface area contributed by atoms with E-state index in [1.165, 1.54) is 37.0 Å². The molecule has 0 aliphatic heterocycles. The van der Waals surface area contributed by atoms with Crippen LogP contribution in [0.5, 0.6) is 0 Å². The summed E-state index contributed by atoms with van der Waals surface area (Å²) in [6, 6.07) is 0. The third-order valence-electron chi connectivity index (χ3n) is 3.32. The molecule has 1 aliphatic carbocycles. The summed E-state index contributed by atoms with van der Waals surface area (Å²) in [5, 5.41) is 4.64. The monoisotopic (exact) mass is 239 g/mol. The Labute approximate surface area is 102 Å². The van der Waals surface area contributed by atoms with E-state index in [9.17, 15) is 0 Å². The first-order valence-electron chi connectivity index (χ1n) is 6.10. The zero-order chi connectivity index (χ0) is 11.4. The highest BCUT2D eigenvalue weighted by molar-refractivity contribution is 7.99. The van der Waals surface area contributed by atoms with Crippen LogP contribution in [0.3, 0.4) is 0 Å². The Morgan fingerprint density at radius 1 is 1.56 bits per heavy atom. The summed E-state index contributed by atoms with van der Waals surface area (Å²) in [7, 11) is 1.96. The molecule has 3 nitrogen and oxygen atoms in total. The van der Waals surface area contributed by atoms with Crippen molar-refractivity contribution in [3.63, 3.8) is 0 Å². The average Bonchev–Trinajstić information content (AvgIpc) is 2.91. The van der Waals surface area contributed by atoms with Crippen molar-refractivity contribution in [2.45, 2.75) is 30.9 Å². The first kappa shape index (κ1) is 12.0. The number of hydrogen-bond acceptors (Lipinski definition) is 3. The number of aryl methyl sites for hydroxylation is 1. The molecule has 1 unspecified atom stereocenters. The molecule has 16 heavy (non-hydrogen) atoms. The summed E-state index contributed by atoms with van der Waals surface area (Å²) in [6.07, 6.45) is 9.70. The third-order valence-corrected chi connectivity index (χ3v) is 4.85. The molecular formula is C12H21N3S. The highest BCUT2D eigenvalue weighted by atomic mass is 32.2. The van der Waals surface area contributed by atoms with E-state index in [-0.39, 0.29) is 0 Å². The number of nitrogens with zero attached hydrogens (tertiary/aromatic N) is 2. The number of rotatable bonds is 5. The third kappa shape index (κ3) is 3.01. The minimum absolute atomic E-state index is 0.425. The van der Waals surface area contributed by atoms with Crippen molar-refractivity contribution < 1.29 is 0 Å². The van der Waals surface area contributed by atoms with Crippen molar-refractivity contribution in [1.82, 2.24) is 9.78 Å². The maximum Gasteiger partial charge on any atom is 0.0533 e. The minimum atomic E-state index is 0.425. The van der Waals surface area contributed by atoms with E-state index in [0.717, 1.165) is 5.92 Å². The second-order valence-electron chi connectivity index (χ2n) is 4.66. The molecule has 1 fully saturated rings. The molecule has 90 valence electrons. The first-order chi connectivity index (χ1) is 7.79. The Bertz CT molecular complexity index is 318. The molecule has 1 aromatic rings. The van der Waals surface area contributed by atoms with E-state index < -0.39 is 0 Å². The van der Waals surface area contributed by atoms with Gasteiger partial charge in [-0.2, -0.15) is 16.9 Å². The lowest BCUT2D eigenvalue weighted by Gasteiger charge is -2.15. The summed E-state index contributed by atoms with van der Waals surface area (Å²) in [4.78, 5) is 0. The molecule has 0 spiro atoms. The highest BCUT2D eigenvalue weighted by Crippen LogP contribution is 2.34. The standard InChI is InChI=1S/C12H21N3S/c1-15-8-11(7-14-15)12(6-13)16-9-10-4-2-3-5-10/h7-8,10,12H,2-6,9,13H2,1H3. The summed E-state index contributed by atoms with van der Waals surface area (Å²) in [6.45, 7) is 0.711. The molecule has 0 radical (unpaired) electrons. The number of thioether (sulfide) groups is 1. The lowest BCUT2D eigenvalue weighted by Crippen LogP contribution is -2.11. The van der Waals surface area contributed by atoms with E-state index >= 15 is 0 Å². The number of nitrogens with two attached hydrogens (primary N) is 1. The largest absolute Gasteiger partial charge is 0.329 e. The summed E-state index contributed by atoms with van der Waals surface area (Å²) in [5.74, 6) is 2.19. The van der Waals surface area contributed by atoms with Crippen LogP contribution < -0.4 is 5.73 Å². The van der Waals surface area contributed by atoms with Gasteiger partial charge in [0, 0.05) is 30.6 Å². The smallest absolute Gasteiger partial charge is 0.0533 e. The van der Waals surface area contributed by atoms with Crippen molar-refractivity contribution in [2.75, 3.05) is 12.3 Å². The van der Waals surface area contributed by atoms with Gasteiger partial charge in [-0.05, 0) is 24.5 Å². The molecular weight excluding hydrogens is 218 g/mol. The predicted octanol–water partition coefficient (Wildman–Crippen LogP) is 2.34. The molecule has 0 amide bonds. The molecule has 1 atom stereocenters. The first-order valence-corrected chi connectivity index (χ1v) is 7.14. The zero-order valence-electron chi connectivity index (χ0n) is 9.93. The predicted molar refractivity (Wildman–Crippen MR) is 69.4 cm³/mol. The van der Waals surface area contributed by atoms with Gasteiger partial charge in [0.2, 0.25) is 0 Å². The van der Waals surface area contributed by atoms with Crippen molar-refractivity contribution in [1.29, 1.82) is 0 Å². The van der Waals surface area contributed by atoms with Crippen LogP contribution in [-0.4, -0.2) is 22.1 Å². The topological polar surface area (TPSA) is 43.8 Å². The molecule has 0 bridgehead atoms. The van der Waals surface area contributed by atoms with Gasteiger partial charge in [0.15, 0.2) is 0 Å². The van der Waals surface area contributed by atoms with Crippen molar-refractivity contribution in [2.24, 2.45) is 18.7 Å². The Morgan fingerprint density at radius 2 is 2.31 bits per heavy atom. The average molecular weight is 239 g/mol. The van der Waals surface area contributed by atoms with Crippen molar-refractivity contribution >= 4 is 11.8 Å². The minimum Gasteiger partial charge on any atom is -0.329 e. The van der Waals surface area contributed by atoms with Gasteiger partial charge in [0.05, 0.1) is 6.20 Å². The Hall–Kier alpha value is -0.480. The quantitative estimate of drug-likeness (QED) is 0.857. The SMILES string of the molecule is Cn1cc(C(CN)SCC2CCCC2)cn1. The van der Waals surface area contributed by atoms with Crippen LogP contribution in [0.1, 0.15) is 36.5 Å². The van der Waals surface area contributed by atoms with Crippen LogP contribution in [0, 0.1) is 5.92 Å².